The van der Waals surface area contributed by atoms with E-state index in [4.69, 9.17) is 10.0 Å². The van der Waals surface area contributed by atoms with Gasteiger partial charge < -0.3 is 14.8 Å². The maximum Gasteiger partial charge on any atom is 0.488 e. The topological polar surface area (TPSA) is 83.8 Å². The number of carbonyl (C=O) groups is 2. The molecule has 0 unspecified atom stereocenters. The van der Waals surface area contributed by atoms with Crippen molar-refractivity contribution in [3.8, 4) is 0 Å². The van der Waals surface area contributed by atoms with Crippen molar-refractivity contribution in [2.24, 2.45) is 0 Å². The highest BCUT2D eigenvalue weighted by Gasteiger charge is 2.20. The summed E-state index contributed by atoms with van der Waals surface area (Å²) in [6, 6.07) is 2.67. The van der Waals surface area contributed by atoms with Gasteiger partial charge in [-0.15, -0.1) is 0 Å². The summed E-state index contributed by atoms with van der Waals surface area (Å²) in [5.41, 5.74) is 0.835. The van der Waals surface area contributed by atoms with E-state index in [1.807, 2.05) is 0 Å². The highest BCUT2D eigenvalue weighted by atomic mass is 16.5. The van der Waals surface area contributed by atoms with Gasteiger partial charge in [-0.3, -0.25) is 4.79 Å². The average Bonchev–Trinajstić information content (AvgIpc) is 2.28. The second-order valence-corrected chi connectivity index (χ2v) is 3.27. The van der Waals surface area contributed by atoms with E-state index < -0.39 is 13.1 Å². The van der Waals surface area contributed by atoms with Gasteiger partial charge in [-0.1, -0.05) is 6.07 Å². The Morgan fingerprint density at radius 1 is 1.44 bits per heavy atom. The van der Waals surface area contributed by atoms with Crippen LogP contribution in [-0.4, -0.2) is 36.5 Å². The van der Waals surface area contributed by atoms with Crippen LogP contribution < -0.4 is 5.46 Å². The second-order valence-electron chi connectivity index (χ2n) is 3.27. The molecule has 0 aromatic heterocycles. The van der Waals surface area contributed by atoms with Crippen LogP contribution in [0.15, 0.2) is 12.1 Å². The van der Waals surface area contributed by atoms with Crippen LogP contribution in [0.1, 0.15) is 26.3 Å². The van der Waals surface area contributed by atoms with Gasteiger partial charge in [0.25, 0.3) is 0 Å². The molecule has 0 radical (unpaired) electrons. The van der Waals surface area contributed by atoms with Crippen LogP contribution in [-0.2, 0) is 4.74 Å². The summed E-state index contributed by atoms with van der Waals surface area (Å²) < 4.78 is 4.53. The summed E-state index contributed by atoms with van der Waals surface area (Å²) in [6.07, 6.45) is 0.526. The molecule has 0 fully saturated rings. The molecule has 1 rings (SSSR count). The number of rotatable bonds is 3. The first-order valence-electron chi connectivity index (χ1n) is 4.55. The van der Waals surface area contributed by atoms with E-state index in [1.54, 1.807) is 6.92 Å². The molecule has 0 saturated heterocycles. The van der Waals surface area contributed by atoms with Gasteiger partial charge in [-0.25, -0.2) is 4.79 Å². The lowest BCUT2D eigenvalue weighted by Gasteiger charge is -2.10. The van der Waals surface area contributed by atoms with Crippen molar-refractivity contribution in [3.05, 3.63) is 28.8 Å². The fourth-order valence-corrected chi connectivity index (χ4v) is 1.42. The molecule has 1 aromatic rings. The standard InChI is InChI=1S/C10H11BO5/c1-6-8(10(13)16-2)3-7(5-12)4-9(6)11(14)15/h3-5,14-15H,1-2H3. The molecular formula is C10H11BO5. The van der Waals surface area contributed by atoms with E-state index in [0.717, 1.165) is 0 Å². The van der Waals surface area contributed by atoms with Crippen LogP contribution in [0.4, 0.5) is 0 Å². The lowest BCUT2D eigenvalue weighted by molar-refractivity contribution is 0.0600. The Hall–Kier alpha value is -1.66. The molecule has 6 heteroatoms. The van der Waals surface area contributed by atoms with Gasteiger partial charge in [0.15, 0.2) is 0 Å². The van der Waals surface area contributed by atoms with Crippen molar-refractivity contribution in [1.82, 2.24) is 0 Å². The highest BCUT2D eigenvalue weighted by Crippen LogP contribution is 2.10. The molecule has 0 aliphatic carbocycles. The lowest BCUT2D eigenvalue weighted by atomic mass is 9.75. The molecule has 0 aliphatic rings. The Morgan fingerprint density at radius 2 is 2.06 bits per heavy atom. The van der Waals surface area contributed by atoms with Crippen molar-refractivity contribution >= 4 is 24.8 Å². The summed E-state index contributed by atoms with van der Waals surface area (Å²) in [6.45, 7) is 1.55. The van der Waals surface area contributed by atoms with Crippen molar-refractivity contribution in [1.29, 1.82) is 0 Å². The number of hydrogen-bond acceptors (Lipinski definition) is 5. The number of carbonyl (C=O) groups excluding carboxylic acids is 2. The van der Waals surface area contributed by atoms with Gasteiger partial charge in [0.1, 0.15) is 6.29 Å². The number of hydrogen-bond donors (Lipinski definition) is 2. The van der Waals surface area contributed by atoms with Gasteiger partial charge in [-0.05, 0) is 24.0 Å². The van der Waals surface area contributed by atoms with E-state index in [0.29, 0.717) is 11.8 Å². The maximum atomic E-state index is 11.4. The predicted octanol–water partition coefficient (Wildman–Crippen LogP) is -0.726. The van der Waals surface area contributed by atoms with E-state index in [9.17, 15) is 9.59 Å². The fourth-order valence-electron chi connectivity index (χ4n) is 1.42. The third kappa shape index (κ3) is 2.29. The normalized spacial score (nSPS) is 9.75. The first-order chi connectivity index (χ1) is 7.51. The minimum atomic E-state index is -1.73. The number of ether oxygens (including phenoxy) is 1. The molecule has 0 heterocycles. The Labute approximate surface area is 92.8 Å². The van der Waals surface area contributed by atoms with Crippen molar-refractivity contribution in [2.75, 3.05) is 7.11 Å². The quantitative estimate of drug-likeness (QED) is 0.400. The summed E-state index contributed by atoms with van der Waals surface area (Å²) in [4.78, 5) is 22.0. The zero-order valence-corrected chi connectivity index (χ0v) is 8.93. The lowest BCUT2D eigenvalue weighted by Crippen LogP contribution is -2.34. The molecule has 1 aromatic carbocycles. The number of benzene rings is 1. The molecule has 5 nitrogen and oxygen atoms in total. The number of methoxy groups -OCH3 is 1. The first kappa shape index (κ1) is 12.4. The molecular weight excluding hydrogens is 211 g/mol. The fraction of sp³-hybridized carbons (Fsp3) is 0.200. The van der Waals surface area contributed by atoms with Crippen LogP contribution in [0.3, 0.4) is 0 Å². The minimum absolute atomic E-state index is 0.116. The van der Waals surface area contributed by atoms with Crippen LogP contribution in [0.2, 0.25) is 0 Å². The molecule has 2 N–H and O–H groups in total. The Morgan fingerprint density at radius 3 is 2.50 bits per heavy atom. The summed E-state index contributed by atoms with van der Waals surface area (Å²) in [7, 11) is -0.520. The Kier molecular flexibility index (Phi) is 3.81. The van der Waals surface area contributed by atoms with Crippen LogP contribution in [0.5, 0.6) is 0 Å². The van der Waals surface area contributed by atoms with Gasteiger partial charge in [0.05, 0.1) is 12.7 Å². The van der Waals surface area contributed by atoms with Crippen molar-refractivity contribution < 1.29 is 24.4 Å². The first-order valence-corrected chi connectivity index (χ1v) is 4.55. The summed E-state index contributed by atoms with van der Waals surface area (Å²) in [5.74, 6) is -0.622. The molecule has 0 bridgehead atoms. The molecule has 0 atom stereocenters. The summed E-state index contributed by atoms with van der Waals surface area (Å²) >= 11 is 0. The minimum Gasteiger partial charge on any atom is -0.465 e. The van der Waals surface area contributed by atoms with Crippen molar-refractivity contribution in [3.63, 3.8) is 0 Å². The van der Waals surface area contributed by atoms with E-state index in [-0.39, 0.29) is 16.6 Å². The van der Waals surface area contributed by atoms with E-state index >= 15 is 0 Å². The van der Waals surface area contributed by atoms with Gasteiger partial charge >= 0.3 is 13.1 Å². The smallest absolute Gasteiger partial charge is 0.465 e. The number of aldehydes is 1. The van der Waals surface area contributed by atoms with Gasteiger partial charge in [0, 0.05) is 5.56 Å². The predicted molar refractivity (Wildman–Crippen MR) is 57.7 cm³/mol. The van der Waals surface area contributed by atoms with Crippen LogP contribution in [0.25, 0.3) is 0 Å². The Balaban J connectivity index is 3.42. The van der Waals surface area contributed by atoms with Gasteiger partial charge in [-0.2, -0.15) is 0 Å². The van der Waals surface area contributed by atoms with E-state index in [1.165, 1.54) is 19.2 Å². The van der Waals surface area contributed by atoms with Crippen LogP contribution in [0, 0.1) is 6.92 Å². The largest absolute Gasteiger partial charge is 0.488 e. The summed E-state index contributed by atoms with van der Waals surface area (Å²) in [5, 5.41) is 18.2. The monoisotopic (exact) mass is 222 g/mol. The zero-order chi connectivity index (χ0) is 12.3. The molecule has 0 aliphatic heterocycles. The van der Waals surface area contributed by atoms with E-state index in [2.05, 4.69) is 4.74 Å². The average molecular weight is 222 g/mol. The Bertz CT molecular complexity index is 427. The molecule has 0 amide bonds. The SMILES string of the molecule is COC(=O)c1cc(C=O)cc(B(O)O)c1C. The third-order valence-corrected chi connectivity index (χ3v) is 2.29. The third-order valence-electron chi connectivity index (χ3n) is 2.29. The maximum absolute atomic E-state index is 11.4. The molecule has 84 valence electrons. The molecule has 0 spiro atoms. The molecule has 16 heavy (non-hydrogen) atoms. The molecule has 0 saturated carbocycles. The highest BCUT2D eigenvalue weighted by molar-refractivity contribution is 6.59. The van der Waals surface area contributed by atoms with Gasteiger partial charge in [0.2, 0.25) is 0 Å². The number of esters is 1. The second kappa shape index (κ2) is 4.91. The zero-order valence-electron chi connectivity index (χ0n) is 8.93. The van der Waals surface area contributed by atoms with Crippen LogP contribution >= 0.6 is 0 Å². The van der Waals surface area contributed by atoms with Crippen molar-refractivity contribution in [2.45, 2.75) is 6.92 Å².